The van der Waals surface area contributed by atoms with Crippen molar-refractivity contribution < 1.29 is 22.7 Å². The first-order valence-corrected chi connectivity index (χ1v) is 8.58. The first kappa shape index (κ1) is 15.9. The summed E-state index contributed by atoms with van der Waals surface area (Å²) in [7, 11) is 5.70. The van der Waals surface area contributed by atoms with Crippen LogP contribution in [-0.4, -0.2) is 46.5 Å². The van der Waals surface area contributed by atoms with Gasteiger partial charge in [0.1, 0.15) is 4.90 Å². The summed E-state index contributed by atoms with van der Waals surface area (Å²) in [4.78, 5) is 13.7. The summed E-state index contributed by atoms with van der Waals surface area (Å²) in [6, 6.07) is 2.87. The number of halogens is 1. The number of carbonyl (C=O) groups is 1. The highest BCUT2D eigenvalue weighted by Crippen LogP contribution is 2.38. The maximum absolute atomic E-state index is 12.4. The topological polar surface area (TPSA) is 72.9 Å². The summed E-state index contributed by atoms with van der Waals surface area (Å²) in [6.45, 7) is 0. The van der Waals surface area contributed by atoms with Crippen LogP contribution in [0.5, 0.6) is 11.5 Å². The molecular formula is C13H16ClNO5S. The molecule has 1 aliphatic carbocycles. The number of nitrogens with zero attached hydrogens (tertiary/aromatic N) is 1. The van der Waals surface area contributed by atoms with E-state index in [0.717, 1.165) is 12.8 Å². The Hall–Kier alpha value is -1.47. The maximum Gasteiger partial charge on any atom is 0.265 e. The molecule has 1 amide bonds. The lowest BCUT2D eigenvalue weighted by Crippen LogP contribution is -2.28. The first-order chi connectivity index (χ1) is 9.79. The number of carbonyl (C=O) groups excluding carboxylic acids is 1. The van der Waals surface area contributed by atoms with Gasteiger partial charge in [-0.15, -0.1) is 0 Å². The zero-order valence-electron chi connectivity index (χ0n) is 11.9. The molecule has 2 rings (SSSR count). The van der Waals surface area contributed by atoms with Gasteiger partial charge < -0.3 is 14.4 Å². The molecule has 0 N–H and O–H groups in total. The molecule has 0 unspecified atom stereocenters. The molecule has 0 atom stereocenters. The second kappa shape index (κ2) is 5.73. The average molecular weight is 334 g/mol. The van der Waals surface area contributed by atoms with E-state index in [9.17, 15) is 13.2 Å². The molecule has 8 heteroatoms. The van der Waals surface area contributed by atoms with Crippen LogP contribution in [0.1, 0.15) is 23.2 Å². The van der Waals surface area contributed by atoms with E-state index in [1.54, 1.807) is 11.9 Å². The van der Waals surface area contributed by atoms with Crippen molar-refractivity contribution in [3.05, 3.63) is 17.7 Å². The van der Waals surface area contributed by atoms with Gasteiger partial charge >= 0.3 is 0 Å². The van der Waals surface area contributed by atoms with E-state index in [4.69, 9.17) is 20.2 Å². The van der Waals surface area contributed by atoms with E-state index in [0.29, 0.717) is 0 Å². The minimum absolute atomic E-state index is 0.0156. The summed E-state index contributed by atoms with van der Waals surface area (Å²) in [5.41, 5.74) is 0.196. The Labute approximate surface area is 128 Å². The molecule has 0 aromatic heterocycles. The van der Waals surface area contributed by atoms with Gasteiger partial charge in [0.2, 0.25) is 0 Å². The van der Waals surface area contributed by atoms with Crippen molar-refractivity contribution in [1.29, 1.82) is 0 Å². The highest BCUT2D eigenvalue weighted by atomic mass is 35.7. The van der Waals surface area contributed by atoms with Crippen molar-refractivity contribution in [2.75, 3.05) is 21.3 Å². The SMILES string of the molecule is COc1cc(C(=O)N(C)C2CC2)cc(S(=O)(=O)Cl)c1OC. The summed E-state index contributed by atoms with van der Waals surface area (Å²) in [5.74, 6) is -0.148. The van der Waals surface area contributed by atoms with Gasteiger partial charge in [0.15, 0.2) is 11.5 Å². The quantitative estimate of drug-likeness (QED) is 0.769. The third-order valence-electron chi connectivity index (χ3n) is 3.37. The van der Waals surface area contributed by atoms with E-state index in [2.05, 4.69) is 0 Å². The second-order valence-corrected chi connectivity index (χ2v) is 7.33. The molecule has 0 saturated heterocycles. The number of amides is 1. The predicted molar refractivity (Wildman–Crippen MR) is 77.7 cm³/mol. The molecule has 21 heavy (non-hydrogen) atoms. The summed E-state index contributed by atoms with van der Waals surface area (Å²) < 4.78 is 33.5. The smallest absolute Gasteiger partial charge is 0.265 e. The zero-order chi connectivity index (χ0) is 15.8. The predicted octanol–water partition coefficient (Wildman–Crippen LogP) is 1.87. The Bertz CT molecular complexity index is 669. The molecule has 1 aromatic rings. The minimum atomic E-state index is -4.07. The number of hydrogen-bond acceptors (Lipinski definition) is 5. The van der Waals surface area contributed by atoms with Crippen molar-refractivity contribution in [3.63, 3.8) is 0 Å². The van der Waals surface area contributed by atoms with Crippen LogP contribution in [0.2, 0.25) is 0 Å². The normalized spacial score (nSPS) is 14.7. The molecule has 0 radical (unpaired) electrons. The van der Waals surface area contributed by atoms with E-state index < -0.39 is 9.05 Å². The van der Waals surface area contributed by atoms with Crippen LogP contribution in [0.15, 0.2) is 17.0 Å². The van der Waals surface area contributed by atoms with Crippen LogP contribution in [0.3, 0.4) is 0 Å². The molecule has 1 saturated carbocycles. The van der Waals surface area contributed by atoms with Gasteiger partial charge in [-0.05, 0) is 25.0 Å². The fourth-order valence-corrected chi connectivity index (χ4v) is 3.08. The molecule has 0 bridgehead atoms. The second-order valence-electron chi connectivity index (χ2n) is 4.79. The third-order valence-corrected chi connectivity index (χ3v) is 4.70. The standard InChI is InChI=1S/C13H16ClNO5S/c1-15(9-4-5-9)13(16)8-6-10(19-2)12(20-3)11(7-8)21(14,17)18/h6-7,9H,4-5H2,1-3H3. The Morgan fingerprint density at radius 3 is 2.33 bits per heavy atom. The fraction of sp³-hybridized carbons (Fsp3) is 0.462. The summed E-state index contributed by atoms with van der Waals surface area (Å²) in [5, 5.41) is 0. The van der Waals surface area contributed by atoms with Gasteiger partial charge in [-0.3, -0.25) is 4.79 Å². The molecule has 6 nitrogen and oxygen atoms in total. The molecule has 0 aliphatic heterocycles. The Morgan fingerprint density at radius 1 is 1.29 bits per heavy atom. The largest absolute Gasteiger partial charge is 0.493 e. The number of rotatable bonds is 5. The van der Waals surface area contributed by atoms with Crippen LogP contribution in [-0.2, 0) is 9.05 Å². The minimum Gasteiger partial charge on any atom is -0.493 e. The molecular weight excluding hydrogens is 318 g/mol. The highest BCUT2D eigenvalue weighted by Gasteiger charge is 2.32. The van der Waals surface area contributed by atoms with E-state index in [1.807, 2.05) is 0 Å². The van der Waals surface area contributed by atoms with Gasteiger partial charge in [-0.2, -0.15) is 0 Å². The Balaban J connectivity index is 2.55. The average Bonchev–Trinajstić information content (AvgIpc) is 3.27. The monoisotopic (exact) mass is 333 g/mol. The van der Waals surface area contributed by atoms with Gasteiger partial charge in [0, 0.05) is 29.3 Å². The van der Waals surface area contributed by atoms with Gasteiger partial charge in [-0.1, -0.05) is 0 Å². The molecule has 0 spiro atoms. The Morgan fingerprint density at radius 2 is 1.90 bits per heavy atom. The molecule has 1 fully saturated rings. The van der Waals surface area contributed by atoms with Crippen LogP contribution >= 0.6 is 10.7 Å². The maximum atomic E-state index is 12.4. The van der Waals surface area contributed by atoms with Crippen molar-refractivity contribution in [1.82, 2.24) is 4.90 Å². The lowest BCUT2D eigenvalue weighted by molar-refractivity contribution is 0.0784. The summed E-state index contributed by atoms with van der Waals surface area (Å²) in [6.07, 6.45) is 1.91. The van der Waals surface area contributed by atoms with E-state index in [-0.39, 0.29) is 33.9 Å². The van der Waals surface area contributed by atoms with Crippen LogP contribution < -0.4 is 9.47 Å². The highest BCUT2D eigenvalue weighted by molar-refractivity contribution is 8.13. The van der Waals surface area contributed by atoms with Gasteiger partial charge in [0.25, 0.3) is 15.0 Å². The molecule has 1 aliphatic rings. The first-order valence-electron chi connectivity index (χ1n) is 6.27. The number of ether oxygens (including phenoxy) is 2. The van der Waals surface area contributed by atoms with Crippen molar-refractivity contribution in [2.45, 2.75) is 23.8 Å². The lowest BCUT2D eigenvalue weighted by atomic mass is 10.1. The van der Waals surface area contributed by atoms with Gasteiger partial charge in [0.05, 0.1) is 14.2 Å². The number of methoxy groups -OCH3 is 2. The van der Waals surface area contributed by atoms with Crippen LogP contribution in [0.4, 0.5) is 0 Å². The van der Waals surface area contributed by atoms with E-state index in [1.165, 1.54) is 26.4 Å². The Kier molecular flexibility index (Phi) is 4.34. The molecule has 0 heterocycles. The van der Waals surface area contributed by atoms with Crippen molar-refractivity contribution in [3.8, 4) is 11.5 Å². The van der Waals surface area contributed by atoms with Crippen LogP contribution in [0.25, 0.3) is 0 Å². The van der Waals surface area contributed by atoms with Crippen molar-refractivity contribution in [2.24, 2.45) is 0 Å². The molecule has 116 valence electrons. The zero-order valence-corrected chi connectivity index (χ0v) is 13.5. The number of benzene rings is 1. The van der Waals surface area contributed by atoms with E-state index >= 15 is 0 Å². The third kappa shape index (κ3) is 3.24. The van der Waals surface area contributed by atoms with Crippen molar-refractivity contribution >= 4 is 25.6 Å². The van der Waals surface area contributed by atoms with Crippen LogP contribution in [0, 0.1) is 0 Å². The summed E-state index contributed by atoms with van der Waals surface area (Å²) >= 11 is 0. The fourth-order valence-electron chi connectivity index (χ4n) is 2.07. The number of hydrogen-bond donors (Lipinski definition) is 0. The van der Waals surface area contributed by atoms with Gasteiger partial charge in [-0.25, -0.2) is 8.42 Å². The lowest BCUT2D eigenvalue weighted by Gasteiger charge is -2.18. The molecule has 1 aromatic carbocycles.